The van der Waals surface area contributed by atoms with Crippen LogP contribution in [0.2, 0.25) is 0 Å². The van der Waals surface area contributed by atoms with E-state index in [1.54, 1.807) is 32.0 Å². The van der Waals surface area contributed by atoms with E-state index in [2.05, 4.69) is 10.4 Å². The number of nitrogens with zero attached hydrogens (tertiary/aromatic N) is 2. The molecule has 6 nitrogen and oxygen atoms in total. The molecular formula is C21H23N3O3. The summed E-state index contributed by atoms with van der Waals surface area (Å²) in [5.41, 5.74) is 4.15. The van der Waals surface area contributed by atoms with Gasteiger partial charge in [-0.1, -0.05) is 24.3 Å². The fraction of sp³-hybridized carbons (Fsp3) is 0.238. The van der Waals surface area contributed by atoms with E-state index in [4.69, 9.17) is 9.47 Å². The largest absolute Gasteiger partial charge is 0.497 e. The van der Waals surface area contributed by atoms with Gasteiger partial charge < -0.3 is 14.8 Å². The molecular weight excluding hydrogens is 342 g/mol. The van der Waals surface area contributed by atoms with Gasteiger partial charge in [0.1, 0.15) is 11.5 Å². The number of ether oxygens (including phenoxy) is 2. The molecule has 1 amide bonds. The van der Waals surface area contributed by atoms with E-state index in [0.29, 0.717) is 23.7 Å². The first kappa shape index (κ1) is 18.5. The Balaban J connectivity index is 1.84. The first-order valence-electron chi connectivity index (χ1n) is 8.62. The normalized spacial score (nSPS) is 10.5. The number of carbonyl (C=O) groups excluding carboxylic acids is 1. The molecule has 1 N–H and O–H groups in total. The van der Waals surface area contributed by atoms with Crippen LogP contribution in [0.3, 0.4) is 0 Å². The van der Waals surface area contributed by atoms with Gasteiger partial charge in [0.15, 0.2) is 5.69 Å². The zero-order chi connectivity index (χ0) is 19.4. The fourth-order valence-corrected chi connectivity index (χ4v) is 2.92. The van der Waals surface area contributed by atoms with Crippen molar-refractivity contribution in [2.45, 2.75) is 13.5 Å². The highest BCUT2D eigenvalue weighted by molar-refractivity contribution is 5.93. The number of hydrogen-bond donors (Lipinski definition) is 1. The van der Waals surface area contributed by atoms with Gasteiger partial charge in [0, 0.05) is 19.2 Å². The number of rotatable bonds is 6. The Hall–Kier alpha value is -3.28. The zero-order valence-corrected chi connectivity index (χ0v) is 15.9. The molecule has 1 heterocycles. The minimum atomic E-state index is -0.220. The van der Waals surface area contributed by atoms with E-state index in [1.165, 1.54) is 0 Å². The van der Waals surface area contributed by atoms with E-state index in [1.807, 2.05) is 49.4 Å². The SMILES string of the molecule is COc1ccc(OC)c(-c2cc(C(=O)NCc3ccccc3C)nn2C)c1. The van der Waals surface area contributed by atoms with Gasteiger partial charge in [-0.25, -0.2) is 0 Å². The average molecular weight is 365 g/mol. The summed E-state index contributed by atoms with van der Waals surface area (Å²) in [5.74, 6) is 1.17. The molecule has 0 atom stereocenters. The lowest BCUT2D eigenvalue weighted by atomic mass is 10.1. The van der Waals surface area contributed by atoms with Crippen LogP contribution in [0.4, 0.5) is 0 Å². The van der Waals surface area contributed by atoms with Gasteiger partial charge in [-0.2, -0.15) is 5.10 Å². The van der Waals surface area contributed by atoms with Crippen molar-refractivity contribution in [2.24, 2.45) is 7.05 Å². The van der Waals surface area contributed by atoms with Crippen LogP contribution in [0.15, 0.2) is 48.5 Å². The minimum Gasteiger partial charge on any atom is -0.497 e. The lowest BCUT2D eigenvalue weighted by Gasteiger charge is -2.10. The second-order valence-electron chi connectivity index (χ2n) is 6.21. The van der Waals surface area contributed by atoms with Crippen LogP contribution in [0.25, 0.3) is 11.3 Å². The fourth-order valence-electron chi connectivity index (χ4n) is 2.92. The van der Waals surface area contributed by atoms with Crippen LogP contribution in [0, 0.1) is 6.92 Å². The van der Waals surface area contributed by atoms with Gasteiger partial charge in [0.25, 0.3) is 5.91 Å². The molecule has 1 aromatic heterocycles. The van der Waals surface area contributed by atoms with Gasteiger partial charge in [-0.05, 0) is 42.3 Å². The first-order valence-corrected chi connectivity index (χ1v) is 8.62. The Morgan fingerprint density at radius 3 is 2.59 bits per heavy atom. The molecule has 0 radical (unpaired) electrons. The van der Waals surface area contributed by atoms with E-state index >= 15 is 0 Å². The molecule has 140 valence electrons. The number of aryl methyl sites for hydroxylation is 2. The Morgan fingerprint density at radius 2 is 1.89 bits per heavy atom. The number of aromatic nitrogens is 2. The number of nitrogens with one attached hydrogen (secondary N) is 1. The first-order chi connectivity index (χ1) is 13.0. The van der Waals surface area contributed by atoms with Gasteiger partial charge in [0.05, 0.1) is 19.9 Å². The van der Waals surface area contributed by atoms with Crippen molar-refractivity contribution in [2.75, 3.05) is 14.2 Å². The predicted molar refractivity (Wildman–Crippen MR) is 104 cm³/mol. The molecule has 0 aliphatic rings. The molecule has 6 heteroatoms. The van der Waals surface area contributed by atoms with E-state index in [-0.39, 0.29) is 5.91 Å². The summed E-state index contributed by atoms with van der Waals surface area (Å²) in [6, 6.07) is 15.2. The van der Waals surface area contributed by atoms with E-state index in [0.717, 1.165) is 22.4 Å². The lowest BCUT2D eigenvalue weighted by Crippen LogP contribution is -2.23. The molecule has 27 heavy (non-hydrogen) atoms. The van der Waals surface area contributed by atoms with Crippen LogP contribution in [-0.4, -0.2) is 29.9 Å². The maximum Gasteiger partial charge on any atom is 0.272 e. The summed E-state index contributed by atoms with van der Waals surface area (Å²) in [6.07, 6.45) is 0. The molecule has 0 saturated heterocycles. The summed E-state index contributed by atoms with van der Waals surface area (Å²) in [4.78, 5) is 12.6. The molecule has 0 unspecified atom stereocenters. The Bertz CT molecular complexity index is 963. The highest BCUT2D eigenvalue weighted by atomic mass is 16.5. The Morgan fingerprint density at radius 1 is 1.11 bits per heavy atom. The number of methoxy groups -OCH3 is 2. The monoisotopic (exact) mass is 365 g/mol. The maximum absolute atomic E-state index is 12.6. The van der Waals surface area contributed by atoms with Gasteiger partial charge in [0.2, 0.25) is 0 Å². The van der Waals surface area contributed by atoms with Crippen LogP contribution in [0.5, 0.6) is 11.5 Å². The maximum atomic E-state index is 12.6. The van der Waals surface area contributed by atoms with Crippen LogP contribution >= 0.6 is 0 Å². The number of carbonyl (C=O) groups is 1. The summed E-state index contributed by atoms with van der Waals surface area (Å²) in [7, 11) is 5.02. The van der Waals surface area contributed by atoms with Crippen LogP contribution in [0.1, 0.15) is 21.6 Å². The van der Waals surface area contributed by atoms with Crippen molar-refractivity contribution < 1.29 is 14.3 Å². The van der Waals surface area contributed by atoms with Crippen molar-refractivity contribution in [3.63, 3.8) is 0 Å². The summed E-state index contributed by atoms with van der Waals surface area (Å²) in [5, 5.41) is 7.29. The molecule has 0 fully saturated rings. The van der Waals surface area contributed by atoms with Crippen LogP contribution in [-0.2, 0) is 13.6 Å². The lowest BCUT2D eigenvalue weighted by molar-refractivity contribution is 0.0945. The third-order valence-electron chi connectivity index (χ3n) is 4.50. The Labute approximate surface area is 158 Å². The number of amides is 1. The van der Waals surface area contributed by atoms with Crippen molar-refractivity contribution in [3.05, 3.63) is 65.4 Å². The quantitative estimate of drug-likeness (QED) is 0.728. The van der Waals surface area contributed by atoms with Crippen molar-refractivity contribution in [1.82, 2.24) is 15.1 Å². The zero-order valence-electron chi connectivity index (χ0n) is 15.9. The number of hydrogen-bond acceptors (Lipinski definition) is 4. The smallest absolute Gasteiger partial charge is 0.272 e. The molecule has 0 saturated carbocycles. The summed E-state index contributed by atoms with van der Waals surface area (Å²) >= 11 is 0. The highest BCUT2D eigenvalue weighted by Gasteiger charge is 2.17. The molecule has 3 rings (SSSR count). The highest BCUT2D eigenvalue weighted by Crippen LogP contribution is 2.33. The van der Waals surface area contributed by atoms with Crippen molar-refractivity contribution in [1.29, 1.82) is 0 Å². The van der Waals surface area contributed by atoms with Crippen molar-refractivity contribution >= 4 is 5.91 Å². The van der Waals surface area contributed by atoms with Gasteiger partial charge in [-0.3, -0.25) is 9.48 Å². The second-order valence-corrected chi connectivity index (χ2v) is 6.21. The predicted octanol–water partition coefficient (Wildman–Crippen LogP) is 3.34. The molecule has 0 aliphatic heterocycles. The van der Waals surface area contributed by atoms with Crippen LogP contribution < -0.4 is 14.8 Å². The third-order valence-corrected chi connectivity index (χ3v) is 4.50. The Kier molecular flexibility index (Phi) is 5.45. The minimum absolute atomic E-state index is 0.220. The van der Waals surface area contributed by atoms with Gasteiger partial charge >= 0.3 is 0 Å². The molecule has 2 aromatic carbocycles. The van der Waals surface area contributed by atoms with E-state index in [9.17, 15) is 4.79 Å². The molecule has 0 bridgehead atoms. The number of benzene rings is 2. The second kappa shape index (κ2) is 7.95. The summed E-state index contributed by atoms with van der Waals surface area (Å²) in [6.45, 7) is 2.48. The van der Waals surface area contributed by atoms with E-state index < -0.39 is 0 Å². The van der Waals surface area contributed by atoms with Crippen molar-refractivity contribution in [3.8, 4) is 22.8 Å². The molecule has 0 spiro atoms. The topological polar surface area (TPSA) is 65.4 Å². The van der Waals surface area contributed by atoms with Gasteiger partial charge in [-0.15, -0.1) is 0 Å². The average Bonchev–Trinajstić information content (AvgIpc) is 3.08. The summed E-state index contributed by atoms with van der Waals surface area (Å²) < 4.78 is 12.4. The molecule has 3 aromatic rings. The standard InChI is InChI=1S/C21H23N3O3/c1-14-7-5-6-8-15(14)13-22-21(25)18-12-19(24(2)23-18)17-11-16(26-3)9-10-20(17)27-4/h5-12H,13H2,1-4H3,(H,22,25). The molecule has 0 aliphatic carbocycles. The third kappa shape index (κ3) is 3.95.